The van der Waals surface area contributed by atoms with E-state index in [0.717, 1.165) is 0 Å². The van der Waals surface area contributed by atoms with Gasteiger partial charge in [-0.1, -0.05) is 6.07 Å². The average molecular weight is 269 g/mol. The van der Waals surface area contributed by atoms with Crippen LogP contribution in [0.2, 0.25) is 0 Å². The van der Waals surface area contributed by atoms with Crippen LogP contribution in [-0.4, -0.2) is 5.78 Å². The van der Waals surface area contributed by atoms with Gasteiger partial charge in [0.25, 0.3) is 0 Å². The van der Waals surface area contributed by atoms with Crippen molar-refractivity contribution < 1.29 is 9.18 Å². The van der Waals surface area contributed by atoms with Crippen molar-refractivity contribution in [2.75, 3.05) is 11.1 Å². The van der Waals surface area contributed by atoms with E-state index < -0.39 is 5.82 Å². The first-order chi connectivity index (χ1) is 9.52. The Kier molecular flexibility index (Phi) is 3.67. The molecule has 0 heterocycles. The lowest BCUT2D eigenvalue weighted by molar-refractivity contribution is 0.101. The Morgan fingerprint density at radius 3 is 2.75 bits per heavy atom. The topological polar surface area (TPSA) is 78.9 Å². The van der Waals surface area contributed by atoms with Crippen molar-refractivity contribution in [3.63, 3.8) is 0 Å². The first-order valence-electron chi connectivity index (χ1n) is 5.89. The number of nitrogen functional groups attached to an aromatic ring is 1. The number of nitriles is 1. The summed E-state index contributed by atoms with van der Waals surface area (Å²) in [6.45, 7) is 1.42. The van der Waals surface area contributed by atoms with E-state index in [1.54, 1.807) is 30.3 Å². The number of hydrogen-bond donors (Lipinski definition) is 2. The lowest BCUT2D eigenvalue weighted by Crippen LogP contribution is -2.02. The van der Waals surface area contributed by atoms with E-state index in [1.807, 2.05) is 0 Å². The number of ketones is 1. The summed E-state index contributed by atoms with van der Waals surface area (Å²) < 4.78 is 13.5. The zero-order chi connectivity index (χ0) is 14.7. The number of nitrogens with zero attached hydrogens (tertiary/aromatic N) is 1. The Balaban J connectivity index is 2.41. The summed E-state index contributed by atoms with van der Waals surface area (Å²) in [5, 5.41) is 11.9. The lowest BCUT2D eigenvalue weighted by atomic mass is 10.1. The first-order valence-corrected chi connectivity index (χ1v) is 5.89. The van der Waals surface area contributed by atoms with E-state index in [-0.39, 0.29) is 11.3 Å². The molecule has 2 rings (SSSR count). The molecule has 0 saturated carbocycles. The Morgan fingerprint density at radius 2 is 2.10 bits per heavy atom. The van der Waals surface area contributed by atoms with Crippen LogP contribution in [0.4, 0.5) is 21.5 Å². The maximum absolute atomic E-state index is 13.5. The Morgan fingerprint density at radius 1 is 1.35 bits per heavy atom. The van der Waals surface area contributed by atoms with Crippen molar-refractivity contribution in [2.24, 2.45) is 0 Å². The minimum atomic E-state index is -0.597. The summed E-state index contributed by atoms with van der Waals surface area (Å²) >= 11 is 0. The fourth-order valence-electron chi connectivity index (χ4n) is 1.84. The highest BCUT2D eigenvalue weighted by atomic mass is 19.1. The minimum Gasteiger partial charge on any atom is -0.398 e. The number of anilines is 3. The Hall–Kier alpha value is -2.87. The summed E-state index contributed by atoms with van der Waals surface area (Å²) in [4.78, 5) is 11.4. The minimum absolute atomic E-state index is 0.0753. The molecule has 2 aromatic rings. The highest BCUT2D eigenvalue weighted by Gasteiger charge is 2.10. The molecule has 0 aliphatic rings. The van der Waals surface area contributed by atoms with E-state index in [2.05, 4.69) is 5.32 Å². The molecule has 0 spiro atoms. The Bertz CT molecular complexity index is 720. The number of hydrogen-bond acceptors (Lipinski definition) is 4. The molecule has 0 atom stereocenters. The third-order valence-corrected chi connectivity index (χ3v) is 2.84. The second-order valence-corrected chi connectivity index (χ2v) is 4.26. The Labute approximate surface area is 115 Å². The first kappa shape index (κ1) is 13.6. The largest absolute Gasteiger partial charge is 0.398 e. The van der Waals surface area contributed by atoms with E-state index in [1.165, 1.54) is 19.1 Å². The van der Waals surface area contributed by atoms with E-state index >= 15 is 0 Å². The molecule has 0 fully saturated rings. The summed E-state index contributed by atoms with van der Waals surface area (Å²) in [7, 11) is 0. The molecule has 2 aromatic carbocycles. The molecule has 0 aliphatic heterocycles. The van der Waals surface area contributed by atoms with Gasteiger partial charge in [0.1, 0.15) is 17.4 Å². The molecule has 0 bridgehead atoms. The lowest BCUT2D eigenvalue weighted by Gasteiger charge is -2.10. The average Bonchev–Trinajstić information content (AvgIpc) is 2.41. The second kappa shape index (κ2) is 5.41. The SMILES string of the molecule is CC(=O)c1cc(Nc2cccc(F)c2C#N)ccc1N. The van der Waals surface area contributed by atoms with Crippen molar-refractivity contribution in [3.05, 3.63) is 53.3 Å². The van der Waals surface area contributed by atoms with Crippen LogP contribution in [0, 0.1) is 17.1 Å². The zero-order valence-electron chi connectivity index (χ0n) is 10.8. The normalized spacial score (nSPS) is 9.85. The molecule has 3 N–H and O–H groups in total. The maximum atomic E-state index is 13.5. The van der Waals surface area contributed by atoms with Crippen molar-refractivity contribution in [3.8, 4) is 6.07 Å². The number of halogens is 1. The molecule has 20 heavy (non-hydrogen) atoms. The molecule has 100 valence electrons. The van der Waals surface area contributed by atoms with Gasteiger partial charge < -0.3 is 11.1 Å². The number of Topliss-reactive ketones (excluding diaryl/α,β-unsaturated/α-hetero) is 1. The van der Waals surface area contributed by atoms with E-state index in [4.69, 9.17) is 11.0 Å². The number of nitrogens with two attached hydrogens (primary N) is 1. The van der Waals surface area contributed by atoms with Gasteiger partial charge in [0.2, 0.25) is 0 Å². The molecule has 0 amide bonds. The predicted molar refractivity (Wildman–Crippen MR) is 75.3 cm³/mol. The fraction of sp³-hybridized carbons (Fsp3) is 0.0667. The van der Waals surface area contributed by atoms with Crippen LogP contribution in [0.15, 0.2) is 36.4 Å². The number of rotatable bonds is 3. The molecular formula is C15H12FN3O. The van der Waals surface area contributed by atoms with Crippen LogP contribution in [0.5, 0.6) is 0 Å². The van der Waals surface area contributed by atoms with Crippen LogP contribution in [-0.2, 0) is 0 Å². The second-order valence-electron chi connectivity index (χ2n) is 4.26. The predicted octanol–water partition coefficient (Wildman–Crippen LogP) is 3.23. The highest BCUT2D eigenvalue weighted by Crippen LogP contribution is 2.25. The van der Waals surface area contributed by atoms with Gasteiger partial charge in [-0.05, 0) is 37.3 Å². The molecule has 5 heteroatoms. The van der Waals surface area contributed by atoms with Gasteiger partial charge in [-0.15, -0.1) is 0 Å². The fourth-order valence-corrected chi connectivity index (χ4v) is 1.84. The van der Waals surface area contributed by atoms with Gasteiger partial charge in [-0.3, -0.25) is 4.79 Å². The molecular weight excluding hydrogens is 257 g/mol. The molecule has 0 radical (unpaired) electrons. The summed E-state index contributed by atoms with van der Waals surface area (Å²) in [6, 6.07) is 10.9. The zero-order valence-corrected chi connectivity index (χ0v) is 10.8. The van der Waals surface area contributed by atoms with Crippen LogP contribution in [0.3, 0.4) is 0 Å². The quantitative estimate of drug-likeness (QED) is 0.662. The van der Waals surface area contributed by atoms with Crippen molar-refractivity contribution in [2.45, 2.75) is 6.92 Å². The van der Waals surface area contributed by atoms with Crippen molar-refractivity contribution >= 4 is 22.8 Å². The number of nitrogens with one attached hydrogen (secondary N) is 1. The van der Waals surface area contributed by atoms with Gasteiger partial charge in [-0.25, -0.2) is 4.39 Å². The number of carbonyl (C=O) groups is 1. The van der Waals surface area contributed by atoms with Gasteiger partial charge in [0, 0.05) is 16.9 Å². The van der Waals surface area contributed by atoms with Crippen LogP contribution in [0.25, 0.3) is 0 Å². The highest BCUT2D eigenvalue weighted by molar-refractivity contribution is 6.00. The maximum Gasteiger partial charge on any atom is 0.161 e. The van der Waals surface area contributed by atoms with E-state index in [9.17, 15) is 9.18 Å². The van der Waals surface area contributed by atoms with Crippen molar-refractivity contribution in [1.82, 2.24) is 0 Å². The molecule has 0 unspecified atom stereocenters. The van der Waals surface area contributed by atoms with Gasteiger partial charge >= 0.3 is 0 Å². The summed E-state index contributed by atoms with van der Waals surface area (Å²) in [6.07, 6.45) is 0. The van der Waals surface area contributed by atoms with Crippen LogP contribution in [0.1, 0.15) is 22.8 Å². The summed E-state index contributed by atoms with van der Waals surface area (Å²) in [5.41, 5.74) is 7.29. The number of carbonyl (C=O) groups excluding carboxylic acids is 1. The van der Waals surface area contributed by atoms with Crippen molar-refractivity contribution in [1.29, 1.82) is 5.26 Å². The molecule has 0 saturated heterocycles. The smallest absolute Gasteiger partial charge is 0.161 e. The molecule has 0 aliphatic carbocycles. The van der Waals surface area contributed by atoms with Crippen LogP contribution >= 0.6 is 0 Å². The number of benzene rings is 2. The summed E-state index contributed by atoms with van der Waals surface area (Å²) in [5.74, 6) is -0.759. The third kappa shape index (κ3) is 2.59. The van der Waals surface area contributed by atoms with Gasteiger partial charge in [-0.2, -0.15) is 5.26 Å². The monoisotopic (exact) mass is 269 g/mol. The van der Waals surface area contributed by atoms with E-state index in [0.29, 0.717) is 22.6 Å². The standard InChI is InChI=1S/C15H12FN3O/c1-9(20)11-7-10(5-6-14(11)18)19-15-4-2-3-13(16)12(15)8-17/h2-7,19H,18H2,1H3. The van der Waals surface area contributed by atoms with Gasteiger partial charge in [0.15, 0.2) is 5.78 Å². The molecule has 0 aromatic heterocycles. The molecule has 4 nitrogen and oxygen atoms in total. The third-order valence-electron chi connectivity index (χ3n) is 2.84. The van der Waals surface area contributed by atoms with Gasteiger partial charge in [0.05, 0.1) is 5.69 Å². The van der Waals surface area contributed by atoms with Crippen LogP contribution < -0.4 is 11.1 Å².